The van der Waals surface area contributed by atoms with Crippen molar-refractivity contribution in [3.63, 3.8) is 0 Å². The maximum absolute atomic E-state index is 13.6. The summed E-state index contributed by atoms with van der Waals surface area (Å²) >= 11 is 0. The number of para-hydroxylation sites is 2. The molecule has 2 amide bonds. The standard InChI is InChI=1S/C30H30F3N5O3/c1-18-7-10-20(30(31,32)33)15-23(18)27(39)36-21-11-8-19(9-12-21)17-37-25-5-3-4-6-26(25)38(29(37)41)22-13-14-24(35-16-22)28(40)34-2/h3-7,10,13-16,19,21H,8-9,11-12,17H2,1-2H3,(H,34,40)(H,36,39). The van der Waals surface area contributed by atoms with Crippen LogP contribution in [0.3, 0.4) is 0 Å². The molecule has 214 valence electrons. The minimum Gasteiger partial charge on any atom is -0.354 e. The molecule has 0 atom stereocenters. The Labute approximate surface area is 234 Å². The molecule has 0 aliphatic heterocycles. The van der Waals surface area contributed by atoms with Gasteiger partial charge in [-0.2, -0.15) is 13.2 Å². The highest BCUT2D eigenvalue weighted by molar-refractivity contribution is 5.96. The van der Waals surface area contributed by atoms with Crippen LogP contribution in [0.5, 0.6) is 0 Å². The SMILES string of the molecule is CNC(=O)c1ccc(-n2c(=O)n(CC3CCC(NC(=O)c4cc(C(F)(F)F)ccc4C)CC3)c3ccccc32)cn1. The summed E-state index contributed by atoms with van der Waals surface area (Å²) in [5.74, 6) is -0.639. The number of alkyl halides is 3. The molecule has 0 unspecified atom stereocenters. The second-order valence-electron chi connectivity index (χ2n) is 10.4. The summed E-state index contributed by atoms with van der Waals surface area (Å²) in [6, 6.07) is 13.8. The van der Waals surface area contributed by atoms with Crippen molar-refractivity contribution in [2.75, 3.05) is 7.05 Å². The molecule has 41 heavy (non-hydrogen) atoms. The van der Waals surface area contributed by atoms with Crippen LogP contribution in [0.15, 0.2) is 65.6 Å². The molecule has 1 fully saturated rings. The predicted molar refractivity (Wildman–Crippen MR) is 148 cm³/mol. The molecule has 1 aliphatic rings. The molecule has 2 aromatic carbocycles. The zero-order valence-corrected chi connectivity index (χ0v) is 22.7. The molecule has 0 saturated heterocycles. The van der Waals surface area contributed by atoms with Gasteiger partial charge < -0.3 is 10.6 Å². The number of hydrogen-bond acceptors (Lipinski definition) is 4. The van der Waals surface area contributed by atoms with Crippen molar-refractivity contribution in [2.45, 2.75) is 51.4 Å². The number of aryl methyl sites for hydroxylation is 1. The number of carbonyl (C=O) groups excluding carboxylic acids is 2. The number of benzene rings is 2. The van der Waals surface area contributed by atoms with Crippen LogP contribution in [0, 0.1) is 12.8 Å². The van der Waals surface area contributed by atoms with E-state index in [9.17, 15) is 27.6 Å². The number of rotatable bonds is 6. The number of fused-ring (bicyclic) bond motifs is 1. The third-order valence-corrected chi connectivity index (χ3v) is 7.73. The fourth-order valence-corrected chi connectivity index (χ4v) is 5.47. The number of carbonyl (C=O) groups is 2. The average molecular weight is 566 g/mol. The van der Waals surface area contributed by atoms with Gasteiger partial charge in [-0.3, -0.25) is 18.7 Å². The molecule has 0 bridgehead atoms. The first-order valence-corrected chi connectivity index (χ1v) is 13.4. The molecular formula is C30H30F3N5O3. The second-order valence-corrected chi connectivity index (χ2v) is 10.4. The van der Waals surface area contributed by atoms with Gasteiger partial charge in [0, 0.05) is 25.2 Å². The average Bonchev–Trinajstić information content (AvgIpc) is 3.24. The van der Waals surface area contributed by atoms with Gasteiger partial charge >= 0.3 is 11.9 Å². The van der Waals surface area contributed by atoms with Crippen LogP contribution in [0.4, 0.5) is 13.2 Å². The highest BCUT2D eigenvalue weighted by atomic mass is 19.4. The van der Waals surface area contributed by atoms with Crippen LogP contribution in [0.2, 0.25) is 0 Å². The van der Waals surface area contributed by atoms with E-state index in [2.05, 4.69) is 15.6 Å². The van der Waals surface area contributed by atoms with E-state index in [1.807, 2.05) is 24.3 Å². The summed E-state index contributed by atoms with van der Waals surface area (Å²) in [7, 11) is 1.52. The van der Waals surface area contributed by atoms with Gasteiger partial charge in [-0.1, -0.05) is 18.2 Å². The number of aromatic nitrogens is 3. The van der Waals surface area contributed by atoms with Gasteiger partial charge in [-0.15, -0.1) is 0 Å². The smallest absolute Gasteiger partial charge is 0.354 e. The maximum Gasteiger partial charge on any atom is 0.416 e. The number of amides is 2. The number of imidazole rings is 1. The first kappa shape index (κ1) is 28.1. The Morgan fingerprint density at radius 3 is 2.32 bits per heavy atom. The highest BCUT2D eigenvalue weighted by Gasteiger charge is 2.32. The first-order chi connectivity index (χ1) is 19.6. The lowest BCUT2D eigenvalue weighted by Gasteiger charge is -2.29. The molecule has 4 aromatic rings. The second kappa shape index (κ2) is 11.2. The van der Waals surface area contributed by atoms with Crippen molar-refractivity contribution >= 4 is 22.8 Å². The lowest BCUT2D eigenvalue weighted by atomic mass is 9.85. The highest BCUT2D eigenvalue weighted by Crippen LogP contribution is 2.31. The van der Waals surface area contributed by atoms with E-state index in [-0.39, 0.29) is 34.8 Å². The van der Waals surface area contributed by atoms with Crippen LogP contribution < -0.4 is 16.3 Å². The van der Waals surface area contributed by atoms with Crippen LogP contribution in [0.1, 0.15) is 57.7 Å². The largest absolute Gasteiger partial charge is 0.416 e. The lowest BCUT2D eigenvalue weighted by Crippen LogP contribution is -2.39. The number of pyridine rings is 1. The fraction of sp³-hybridized carbons (Fsp3) is 0.333. The van der Waals surface area contributed by atoms with Crippen molar-refractivity contribution < 1.29 is 22.8 Å². The quantitative estimate of drug-likeness (QED) is 0.349. The molecule has 5 rings (SSSR count). The molecule has 11 heteroatoms. The predicted octanol–water partition coefficient (Wildman–Crippen LogP) is 4.86. The van der Waals surface area contributed by atoms with Gasteiger partial charge in [0.2, 0.25) is 0 Å². The normalized spacial score (nSPS) is 17.4. The summed E-state index contributed by atoms with van der Waals surface area (Å²) in [5.41, 5.74) is 1.76. The Balaban J connectivity index is 1.29. The zero-order valence-electron chi connectivity index (χ0n) is 22.7. The first-order valence-electron chi connectivity index (χ1n) is 13.4. The number of hydrogen-bond donors (Lipinski definition) is 2. The van der Waals surface area contributed by atoms with E-state index in [0.717, 1.165) is 36.0 Å². The third kappa shape index (κ3) is 5.75. The van der Waals surface area contributed by atoms with Crippen molar-refractivity contribution in [2.24, 2.45) is 5.92 Å². The van der Waals surface area contributed by atoms with E-state index in [1.54, 1.807) is 28.2 Å². The van der Waals surface area contributed by atoms with Crippen LogP contribution in [0.25, 0.3) is 16.7 Å². The Bertz CT molecular complexity index is 1650. The minimum absolute atomic E-state index is 0.0270. The summed E-state index contributed by atoms with van der Waals surface area (Å²) in [4.78, 5) is 42.5. The van der Waals surface area contributed by atoms with E-state index < -0.39 is 17.6 Å². The van der Waals surface area contributed by atoms with Gasteiger partial charge in [-0.05, 0) is 80.5 Å². The molecule has 1 aliphatic carbocycles. The minimum atomic E-state index is -4.52. The maximum atomic E-state index is 13.6. The summed E-state index contributed by atoms with van der Waals surface area (Å²) in [6.45, 7) is 2.11. The van der Waals surface area contributed by atoms with Crippen molar-refractivity contribution in [1.29, 1.82) is 0 Å². The Kier molecular flexibility index (Phi) is 7.70. The van der Waals surface area contributed by atoms with E-state index in [4.69, 9.17) is 0 Å². The number of nitrogens with one attached hydrogen (secondary N) is 2. The molecular weight excluding hydrogens is 535 g/mol. The summed E-state index contributed by atoms with van der Waals surface area (Å²) < 4.78 is 42.8. The molecule has 2 aromatic heterocycles. The number of nitrogens with zero attached hydrogens (tertiary/aromatic N) is 3. The van der Waals surface area contributed by atoms with Gasteiger partial charge in [0.25, 0.3) is 11.8 Å². The molecule has 0 radical (unpaired) electrons. The Morgan fingerprint density at radius 1 is 0.976 bits per heavy atom. The van der Waals surface area contributed by atoms with Crippen LogP contribution in [-0.2, 0) is 12.7 Å². The van der Waals surface area contributed by atoms with Crippen molar-refractivity contribution in [3.05, 3.63) is 93.7 Å². The third-order valence-electron chi connectivity index (χ3n) is 7.73. The molecule has 1 saturated carbocycles. The topological polar surface area (TPSA) is 98.0 Å². The van der Waals surface area contributed by atoms with Crippen molar-refractivity contribution in [1.82, 2.24) is 24.8 Å². The molecule has 2 heterocycles. The van der Waals surface area contributed by atoms with Crippen LogP contribution in [-0.4, -0.2) is 39.0 Å². The molecule has 8 nitrogen and oxygen atoms in total. The summed E-state index contributed by atoms with van der Waals surface area (Å²) in [6.07, 6.45) is -0.197. The number of halogens is 3. The fourth-order valence-electron chi connectivity index (χ4n) is 5.47. The zero-order chi connectivity index (χ0) is 29.3. The van der Waals surface area contributed by atoms with Gasteiger partial charge in [0.15, 0.2) is 0 Å². The van der Waals surface area contributed by atoms with Crippen molar-refractivity contribution in [3.8, 4) is 5.69 Å². The molecule has 2 N–H and O–H groups in total. The van der Waals surface area contributed by atoms with E-state index in [0.29, 0.717) is 30.6 Å². The molecule has 0 spiro atoms. The van der Waals surface area contributed by atoms with Crippen LogP contribution >= 0.6 is 0 Å². The van der Waals surface area contributed by atoms with Gasteiger partial charge in [-0.25, -0.2) is 9.78 Å². The Hall–Kier alpha value is -4.41. The van der Waals surface area contributed by atoms with E-state index in [1.165, 1.54) is 19.3 Å². The summed E-state index contributed by atoms with van der Waals surface area (Å²) in [5, 5.41) is 5.43. The Morgan fingerprint density at radius 2 is 1.68 bits per heavy atom. The monoisotopic (exact) mass is 565 g/mol. The van der Waals surface area contributed by atoms with Gasteiger partial charge in [0.1, 0.15) is 5.69 Å². The van der Waals surface area contributed by atoms with E-state index >= 15 is 0 Å². The van der Waals surface area contributed by atoms with Gasteiger partial charge in [0.05, 0.1) is 28.5 Å². The lowest BCUT2D eigenvalue weighted by molar-refractivity contribution is -0.137.